The summed E-state index contributed by atoms with van der Waals surface area (Å²) in [7, 11) is 0. The second-order valence-electron chi connectivity index (χ2n) is 3.96. The van der Waals surface area contributed by atoms with Gasteiger partial charge in [0.2, 0.25) is 0 Å². The fourth-order valence-corrected chi connectivity index (χ4v) is 2.40. The van der Waals surface area contributed by atoms with Gasteiger partial charge < -0.3 is 0 Å². The van der Waals surface area contributed by atoms with Crippen molar-refractivity contribution in [1.82, 2.24) is 14.8 Å². The summed E-state index contributed by atoms with van der Waals surface area (Å²) < 4.78 is 1.83. The molecular formula is C13H14N4S. The molecule has 0 aliphatic rings. The molecule has 0 bridgehead atoms. The average Bonchev–Trinajstić information content (AvgIpc) is 2.94. The predicted octanol–water partition coefficient (Wildman–Crippen LogP) is 3.04. The van der Waals surface area contributed by atoms with Crippen LogP contribution in [0, 0.1) is 25.2 Å². The zero-order valence-corrected chi connectivity index (χ0v) is 11.5. The molecule has 0 spiro atoms. The Balaban J connectivity index is 2.36. The maximum absolute atomic E-state index is 9.23. The van der Waals surface area contributed by atoms with E-state index in [1.807, 2.05) is 37.7 Å². The predicted molar refractivity (Wildman–Crippen MR) is 73.0 cm³/mol. The maximum Gasteiger partial charge on any atom is 0.134 e. The van der Waals surface area contributed by atoms with Crippen molar-refractivity contribution in [3.8, 4) is 6.07 Å². The van der Waals surface area contributed by atoms with Crippen molar-refractivity contribution in [2.75, 3.05) is 0 Å². The summed E-state index contributed by atoms with van der Waals surface area (Å²) in [6.07, 6.45) is 5.51. The Labute approximate surface area is 110 Å². The minimum absolute atomic E-state index is 0.590. The van der Waals surface area contributed by atoms with E-state index in [1.165, 1.54) is 0 Å². The van der Waals surface area contributed by atoms with Crippen LogP contribution in [0.5, 0.6) is 0 Å². The van der Waals surface area contributed by atoms with Crippen LogP contribution in [0.15, 0.2) is 12.4 Å². The SMILES string of the molecule is CCn1cc(/C=C(\C#N)c2nc(C)c(C)s2)cn1. The molecule has 0 aliphatic carbocycles. The quantitative estimate of drug-likeness (QED) is 0.795. The Hall–Kier alpha value is -1.93. The number of nitrogens with zero attached hydrogens (tertiary/aromatic N) is 4. The van der Waals surface area contributed by atoms with Gasteiger partial charge in [0.25, 0.3) is 0 Å². The molecule has 0 aliphatic heterocycles. The average molecular weight is 258 g/mol. The molecule has 0 aromatic carbocycles. The normalized spacial score (nSPS) is 11.6. The monoisotopic (exact) mass is 258 g/mol. The summed E-state index contributed by atoms with van der Waals surface area (Å²) in [6, 6.07) is 2.21. The van der Waals surface area contributed by atoms with Gasteiger partial charge in [0.05, 0.1) is 17.5 Å². The van der Waals surface area contributed by atoms with E-state index in [9.17, 15) is 5.26 Å². The van der Waals surface area contributed by atoms with Crippen molar-refractivity contribution >= 4 is 23.0 Å². The van der Waals surface area contributed by atoms with Crippen LogP contribution in [0.4, 0.5) is 0 Å². The smallest absolute Gasteiger partial charge is 0.134 e. The first-order chi connectivity index (χ1) is 8.63. The van der Waals surface area contributed by atoms with Crippen molar-refractivity contribution in [3.05, 3.63) is 33.5 Å². The molecule has 18 heavy (non-hydrogen) atoms. The lowest BCUT2D eigenvalue weighted by Gasteiger charge is -1.92. The third kappa shape index (κ3) is 2.49. The Kier molecular flexibility index (Phi) is 3.58. The largest absolute Gasteiger partial charge is 0.272 e. The van der Waals surface area contributed by atoms with Crippen LogP contribution < -0.4 is 0 Å². The van der Waals surface area contributed by atoms with Crippen molar-refractivity contribution in [2.45, 2.75) is 27.3 Å². The summed E-state index contributed by atoms with van der Waals surface area (Å²) >= 11 is 1.55. The zero-order valence-electron chi connectivity index (χ0n) is 10.6. The summed E-state index contributed by atoms with van der Waals surface area (Å²) in [4.78, 5) is 5.55. The van der Waals surface area contributed by atoms with Crippen LogP contribution in [0.25, 0.3) is 11.6 Å². The standard InChI is InChI=1S/C13H14N4S/c1-4-17-8-11(7-15-17)5-12(6-14)13-16-9(2)10(3)18-13/h5,7-8H,4H2,1-3H3/b12-5+. The zero-order chi connectivity index (χ0) is 13.1. The van der Waals surface area contributed by atoms with Gasteiger partial charge in [-0.1, -0.05) is 0 Å². The highest BCUT2D eigenvalue weighted by Crippen LogP contribution is 2.24. The van der Waals surface area contributed by atoms with E-state index in [-0.39, 0.29) is 0 Å². The second kappa shape index (κ2) is 5.15. The summed E-state index contributed by atoms with van der Waals surface area (Å²) in [5.41, 5.74) is 2.51. The molecular weight excluding hydrogens is 244 g/mol. The van der Waals surface area contributed by atoms with Gasteiger partial charge in [-0.25, -0.2) is 4.98 Å². The molecule has 0 N–H and O–H groups in total. The molecule has 0 radical (unpaired) electrons. The summed E-state index contributed by atoms with van der Waals surface area (Å²) in [5, 5.41) is 14.2. The van der Waals surface area contributed by atoms with Gasteiger partial charge in [0.15, 0.2) is 0 Å². The van der Waals surface area contributed by atoms with Crippen LogP contribution in [0.1, 0.15) is 28.1 Å². The van der Waals surface area contributed by atoms with Crippen molar-refractivity contribution in [3.63, 3.8) is 0 Å². The van der Waals surface area contributed by atoms with E-state index >= 15 is 0 Å². The molecule has 0 amide bonds. The first-order valence-electron chi connectivity index (χ1n) is 5.72. The Bertz CT molecular complexity index is 608. The molecule has 4 nitrogen and oxygen atoms in total. The van der Waals surface area contributed by atoms with Crippen molar-refractivity contribution < 1.29 is 0 Å². The van der Waals surface area contributed by atoms with Gasteiger partial charge in [-0.05, 0) is 26.8 Å². The molecule has 2 heterocycles. The third-order valence-corrected chi connectivity index (χ3v) is 3.77. The van der Waals surface area contributed by atoms with E-state index in [1.54, 1.807) is 17.5 Å². The minimum Gasteiger partial charge on any atom is -0.272 e. The maximum atomic E-state index is 9.23. The van der Waals surface area contributed by atoms with Gasteiger partial charge >= 0.3 is 0 Å². The van der Waals surface area contributed by atoms with Crippen molar-refractivity contribution in [1.29, 1.82) is 5.26 Å². The first kappa shape index (κ1) is 12.5. The van der Waals surface area contributed by atoms with E-state index in [2.05, 4.69) is 16.2 Å². The first-order valence-corrected chi connectivity index (χ1v) is 6.54. The lowest BCUT2D eigenvalue weighted by molar-refractivity contribution is 0.660. The lowest BCUT2D eigenvalue weighted by Crippen LogP contribution is -1.91. The molecule has 92 valence electrons. The highest BCUT2D eigenvalue weighted by molar-refractivity contribution is 7.12. The molecule has 2 rings (SSSR count). The fraction of sp³-hybridized carbons (Fsp3) is 0.308. The molecule has 0 saturated heterocycles. The number of aryl methyl sites for hydroxylation is 3. The third-order valence-electron chi connectivity index (χ3n) is 2.67. The van der Waals surface area contributed by atoms with Gasteiger partial charge in [-0.2, -0.15) is 10.4 Å². The summed E-state index contributed by atoms with van der Waals surface area (Å²) in [6.45, 7) is 6.82. The van der Waals surface area contributed by atoms with Crippen molar-refractivity contribution in [2.24, 2.45) is 0 Å². The molecule has 2 aromatic heterocycles. The van der Waals surface area contributed by atoms with E-state index in [4.69, 9.17) is 0 Å². The molecule has 2 aromatic rings. The molecule has 0 unspecified atom stereocenters. The topological polar surface area (TPSA) is 54.5 Å². The number of allylic oxidation sites excluding steroid dienone is 1. The fourth-order valence-electron chi connectivity index (χ4n) is 1.52. The number of hydrogen-bond donors (Lipinski definition) is 0. The second-order valence-corrected chi connectivity index (χ2v) is 5.16. The van der Waals surface area contributed by atoms with Crippen LogP contribution in [0.3, 0.4) is 0 Å². The number of hydrogen-bond acceptors (Lipinski definition) is 4. The number of aromatic nitrogens is 3. The van der Waals surface area contributed by atoms with Crippen LogP contribution >= 0.6 is 11.3 Å². The van der Waals surface area contributed by atoms with Crippen LogP contribution in [-0.2, 0) is 6.54 Å². The molecule has 0 saturated carbocycles. The van der Waals surface area contributed by atoms with E-state index < -0.39 is 0 Å². The summed E-state index contributed by atoms with van der Waals surface area (Å²) in [5.74, 6) is 0. The van der Waals surface area contributed by atoms with Gasteiger partial charge in [0, 0.05) is 23.2 Å². The van der Waals surface area contributed by atoms with Gasteiger partial charge in [0.1, 0.15) is 11.1 Å². The van der Waals surface area contributed by atoms with Gasteiger partial charge in [-0.15, -0.1) is 11.3 Å². The van der Waals surface area contributed by atoms with E-state index in [0.29, 0.717) is 5.57 Å². The highest BCUT2D eigenvalue weighted by atomic mass is 32.1. The van der Waals surface area contributed by atoms with Crippen LogP contribution in [-0.4, -0.2) is 14.8 Å². The molecule has 0 atom stereocenters. The minimum atomic E-state index is 0.590. The lowest BCUT2D eigenvalue weighted by atomic mass is 10.2. The Morgan fingerprint density at radius 1 is 1.56 bits per heavy atom. The van der Waals surface area contributed by atoms with E-state index in [0.717, 1.165) is 27.7 Å². The molecule has 5 heteroatoms. The van der Waals surface area contributed by atoms with Gasteiger partial charge in [-0.3, -0.25) is 4.68 Å². The Morgan fingerprint density at radius 3 is 2.83 bits per heavy atom. The number of nitriles is 1. The number of rotatable bonds is 3. The Morgan fingerprint density at radius 2 is 2.33 bits per heavy atom. The number of thiazole rings is 1. The van der Waals surface area contributed by atoms with Crippen LogP contribution in [0.2, 0.25) is 0 Å². The molecule has 0 fully saturated rings. The highest BCUT2D eigenvalue weighted by Gasteiger charge is 2.09.